The van der Waals surface area contributed by atoms with Gasteiger partial charge in [-0.05, 0) is 42.3 Å². The fraction of sp³-hybridized carbons (Fsp3) is 0.0952. The first-order valence-corrected chi connectivity index (χ1v) is 8.80. The molecule has 0 atom stereocenters. The Morgan fingerprint density at radius 1 is 0.963 bits per heavy atom. The molecule has 0 saturated carbocycles. The molecule has 1 aromatic carbocycles. The standard InChI is InChI=1S/C21H17N5O/c22-19-7-3-5-16(23-19)15-8-9-20-24-17(13-25(20)12-15)21(27)26-11-10-14-4-1-2-6-18(14)26/h1-9,12-13H,10-11H2,(H2,22,23). The van der Waals surface area contributed by atoms with E-state index < -0.39 is 0 Å². The molecular formula is C21H17N5O. The number of imidazole rings is 1. The number of anilines is 2. The highest BCUT2D eigenvalue weighted by Crippen LogP contribution is 2.29. The Balaban J connectivity index is 1.51. The number of para-hydroxylation sites is 1. The molecule has 0 radical (unpaired) electrons. The van der Waals surface area contributed by atoms with Crippen LogP contribution in [0.4, 0.5) is 11.5 Å². The second kappa shape index (κ2) is 5.95. The molecule has 5 rings (SSSR count). The Morgan fingerprint density at radius 2 is 1.85 bits per heavy atom. The van der Waals surface area contributed by atoms with Gasteiger partial charge in [0.1, 0.15) is 17.2 Å². The van der Waals surface area contributed by atoms with E-state index in [2.05, 4.69) is 16.0 Å². The summed E-state index contributed by atoms with van der Waals surface area (Å²) in [7, 11) is 0. The van der Waals surface area contributed by atoms with E-state index in [9.17, 15) is 4.79 Å². The second-order valence-corrected chi connectivity index (χ2v) is 6.59. The normalized spacial score (nSPS) is 13.1. The zero-order valence-corrected chi connectivity index (χ0v) is 14.5. The highest BCUT2D eigenvalue weighted by Gasteiger charge is 2.26. The lowest BCUT2D eigenvalue weighted by molar-refractivity contribution is 0.0985. The summed E-state index contributed by atoms with van der Waals surface area (Å²) in [6.45, 7) is 0.685. The number of nitrogen functional groups attached to an aromatic ring is 1. The van der Waals surface area contributed by atoms with Crippen molar-refractivity contribution in [2.24, 2.45) is 0 Å². The number of pyridine rings is 2. The molecular weight excluding hydrogens is 338 g/mol. The van der Waals surface area contributed by atoms with Crippen LogP contribution in [0.2, 0.25) is 0 Å². The number of amides is 1. The quantitative estimate of drug-likeness (QED) is 0.599. The van der Waals surface area contributed by atoms with Crippen molar-refractivity contribution in [3.63, 3.8) is 0 Å². The molecule has 6 nitrogen and oxygen atoms in total. The summed E-state index contributed by atoms with van der Waals surface area (Å²) in [5.41, 5.74) is 10.8. The maximum absolute atomic E-state index is 13.0. The van der Waals surface area contributed by atoms with Gasteiger partial charge in [0.25, 0.3) is 5.91 Å². The lowest BCUT2D eigenvalue weighted by atomic mass is 10.2. The Morgan fingerprint density at radius 3 is 2.74 bits per heavy atom. The summed E-state index contributed by atoms with van der Waals surface area (Å²) in [6, 6.07) is 17.4. The first-order chi connectivity index (χ1) is 13.2. The van der Waals surface area contributed by atoms with Gasteiger partial charge in [0.15, 0.2) is 0 Å². The van der Waals surface area contributed by atoms with Gasteiger partial charge in [-0.3, -0.25) is 4.79 Å². The van der Waals surface area contributed by atoms with E-state index in [4.69, 9.17) is 5.73 Å². The van der Waals surface area contributed by atoms with Gasteiger partial charge >= 0.3 is 0 Å². The van der Waals surface area contributed by atoms with E-state index in [1.165, 1.54) is 5.56 Å². The van der Waals surface area contributed by atoms with E-state index in [0.717, 1.165) is 29.0 Å². The SMILES string of the molecule is Nc1cccc(-c2ccc3nc(C(=O)N4CCc5ccccc54)cn3c2)n1. The Hall–Kier alpha value is -3.67. The van der Waals surface area contributed by atoms with Crippen LogP contribution in [0.15, 0.2) is 67.0 Å². The molecule has 0 saturated heterocycles. The molecule has 1 amide bonds. The van der Waals surface area contributed by atoms with Gasteiger partial charge in [0.2, 0.25) is 0 Å². The summed E-state index contributed by atoms with van der Waals surface area (Å²) in [5.74, 6) is 0.397. The molecule has 0 bridgehead atoms. The molecule has 27 heavy (non-hydrogen) atoms. The van der Waals surface area contributed by atoms with Crippen molar-refractivity contribution in [3.8, 4) is 11.3 Å². The molecule has 2 N–H and O–H groups in total. The van der Waals surface area contributed by atoms with Crippen LogP contribution in [-0.2, 0) is 6.42 Å². The topological polar surface area (TPSA) is 76.5 Å². The highest BCUT2D eigenvalue weighted by atomic mass is 16.2. The Bertz CT molecular complexity index is 1180. The summed E-state index contributed by atoms with van der Waals surface area (Å²) < 4.78 is 1.86. The van der Waals surface area contributed by atoms with Gasteiger partial charge in [0, 0.05) is 30.2 Å². The molecule has 4 heterocycles. The average molecular weight is 355 g/mol. The van der Waals surface area contributed by atoms with Gasteiger partial charge in [-0.15, -0.1) is 0 Å². The van der Waals surface area contributed by atoms with Crippen molar-refractivity contribution >= 4 is 23.1 Å². The number of nitrogens with zero attached hydrogens (tertiary/aromatic N) is 4. The number of aromatic nitrogens is 3. The number of rotatable bonds is 2. The summed E-state index contributed by atoms with van der Waals surface area (Å²) in [5, 5.41) is 0. The highest BCUT2D eigenvalue weighted by molar-refractivity contribution is 6.06. The number of hydrogen-bond acceptors (Lipinski definition) is 4. The van der Waals surface area contributed by atoms with Crippen LogP contribution in [0, 0.1) is 0 Å². The fourth-order valence-corrected chi connectivity index (χ4v) is 3.55. The number of fused-ring (bicyclic) bond motifs is 2. The number of carbonyl (C=O) groups is 1. The van der Waals surface area contributed by atoms with Crippen molar-refractivity contribution in [1.82, 2.24) is 14.4 Å². The third-order valence-corrected chi connectivity index (χ3v) is 4.87. The zero-order chi connectivity index (χ0) is 18.4. The lowest BCUT2D eigenvalue weighted by Crippen LogP contribution is -2.29. The first kappa shape index (κ1) is 15.6. The maximum Gasteiger partial charge on any atom is 0.278 e. The molecule has 3 aromatic heterocycles. The van der Waals surface area contributed by atoms with Crippen LogP contribution >= 0.6 is 0 Å². The van der Waals surface area contributed by atoms with E-state index in [-0.39, 0.29) is 5.91 Å². The largest absolute Gasteiger partial charge is 0.384 e. The van der Waals surface area contributed by atoms with Gasteiger partial charge in [-0.2, -0.15) is 0 Å². The van der Waals surface area contributed by atoms with E-state index >= 15 is 0 Å². The zero-order valence-electron chi connectivity index (χ0n) is 14.5. The number of nitrogens with two attached hydrogens (primary N) is 1. The fourth-order valence-electron chi connectivity index (χ4n) is 3.55. The predicted molar refractivity (Wildman–Crippen MR) is 105 cm³/mol. The smallest absolute Gasteiger partial charge is 0.278 e. The van der Waals surface area contributed by atoms with Gasteiger partial charge in [0.05, 0.1) is 5.69 Å². The molecule has 0 spiro atoms. The van der Waals surface area contributed by atoms with Crippen LogP contribution in [0.25, 0.3) is 16.9 Å². The van der Waals surface area contributed by atoms with Crippen molar-refractivity contribution < 1.29 is 4.79 Å². The number of hydrogen-bond donors (Lipinski definition) is 1. The van der Waals surface area contributed by atoms with Crippen LogP contribution in [0.1, 0.15) is 16.1 Å². The van der Waals surface area contributed by atoms with E-state index in [1.807, 2.05) is 53.1 Å². The Labute approximate surface area is 155 Å². The minimum absolute atomic E-state index is 0.0766. The minimum atomic E-state index is -0.0766. The molecule has 1 aliphatic rings. The van der Waals surface area contributed by atoms with Crippen molar-refractivity contribution in [1.29, 1.82) is 0 Å². The molecule has 4 aromatic rings. The maximum atomic E-state index is 13.0. The van der Waals surface area contributed by atoms with Crippen LogP contribution in [0.5, 0.6) is 0 Å². The molecule has 0 aliphatic carbocycles. The number of benzene rings is 1. The van der Waals surface area contributed by atoms with E-state index in [0.29, 0.717) is 18.1 Å². The first-order valence-electron chi connectivity index (χ1n) is 8.80. The Kier molecular flexibility index (Phi) is 3.43. The monoisotopic (exact) mass is 355 g/mol. The molecule has 132 valence electrons. The third kappa shape index (κ3) is 2.62. The predicted octanol–water partition coefficient (Wildman–Crippen LogP) is 3.18. The van der Waals surface area contributed by atoms with Crippen molar-refractivity contribution in [2.45, 2.75) is 6.42 Å². The summed E-state index contributed by atoms with van der Waals surface area (Å²) in [4.78, 5) is 23.7. The van der Waals surface area contributed by atoms with Gasteiger partial charge in [-0.25, -0.2) is 9.97 Å². The molecule has 1 aliphatic heterocycles. The second-order valence-electron chi connectivity index (χ2n) is 6.59. The summed E-state index contributed by atoms with van der Waals surface area (Å²) in [6.07, 6.45) is 4.56. The third-order valence-electron chi connectivity index (χ3n) is 4.87. The molecule has 6 heteroatoms. The minimum Gasteiger partial charge on any atom is -0.384 e. The van der Waals surface area contributed by atoms with Gasteiger partial charge < -0.3 is 15.0 Å². The van der Waals surface area contributed by atoms with Gasteiger partial charge in [-0.1, -0.05) is 24.3 Å². The van der Waals surface area contributed by atoms with E-state index in [1.54, 1.807) is 17.2 Å². The molecule has 0 fully saturated rings. The van der Waals surface area contributed by atoms with Crippen LogP contribution in [0.3, 0.4) is 0 Å². The van der Waals surface area contributed by atoms with Crippen LogP contribution < -0.4 is 10.6 Å². The number of carbonyl (C=O) groups excluding carboxylic acids is 1. The molecule has 0 unspecified atom stereocenters. The average Bonchev–Trinajstić information content (AvgIpc) is 3.31. The summed E-state index contributed by atoms with van der Waals surface area (Å²) >= 11 is 0. The van der Waals surface area contributed by atoms with Crippen molar-refractivity contribution in [3.05, 3.63) is 78.2 Å². The van der Waals surface area contributed by atoms with Crippen LogP contribution in [-0.4, -0.2) is 26.8 Å². The van der Waals surface area contributed by atoms with Crippen molar-refractivity contribution in [2.75, 3.05) is 17.2 Å². The lowest BCUT2D eigenvalue weighted by Gasteiger charge is -2.15.